The molecule has 0 aliphatic carbocycles. The first-order valence-corrected chi connectivity index (χ1v) is 3.09. The van der Waals surface area contributed by atoms with Crippen molar-refractivity contribution >= 4 is 0 Å². The largest absolute Gasteiger partial charge is 0.406 e. The number of aliphatic hydroxyl groups is 2. The van der Waals surface area contributed by atoms with Crippen LogP contribution in [0.15, 0.2) is 0 Å². The van der Waals surface area contributed by atoms with Crippen LogP contribution in [0.1, 0.15) is 0 Å². The Kier molecular flexibility index (Phi) is 2.08. The molecule has 0 aromatic rings. The Labute approximate surface area is 60.8 Å². The molecule has 0 unspecified atom stereocenters. The van der Waals surface area contributed by atoms with Crippen LogP contribution < -0.4 is 5.32 Å². The van der Waals surface area contributed by atoms with E-state index in [1.165, 1.54) is 0 Å². The van der Waals surface area contributed by atoms with Gasteiger partial charge in [-0.05, 0) is 0 Å². The van der Waals surface area contributed by atoms with Gasteiger partial charge in [-0.1, -0.05) is 0 Å². The first kappa shape index (κ1) is 8.76. The van der Waals surface area contributed by atoms with Gasteiger partial charge < -0.3 is 15.5 Å². The Morgan fingerprint density at radius 1 is 1.27 bits per heavy atom. The van der Waals surface area contributed by atoms with Gasteiger partial charge >= 0.3 is 6.18 Å². The van der Waals surface area contributed by atoms with Crippen molar-refractivity contribution in [2.24, 2.45) is 0 Å². The van der Waals surface area contributed by atoms with Crippen molar-refractivity contribution in [1.29, 1.82) is 0 Å². The maximum Gasteiger partial charge on any atom is 0.406 e. The minimum absolute atomic E-state index is 0.217. The van der Waals surface area contributed by atoms with Crippen molar-refractivity contribution in [2.75, 3.05) is 6.54 Å². The minimum atomic E-state index is -4.49. The second-order valence-electron chi connectivity index (χ2n) is 2.49. The van der Waals surface area contributed by atoms with Crippen molar-refractivity contribution in [3.8, 4) is 0 Å². The molecule has 3 atom stereocenters. The Morgan fingerprint density at radius 3 is 2.00 bits per heavy atom. The monoisotopic (exact) mass is 171 g/mol. The number of β-amino-alcohol motifs (C(OH)–C–C–N with tert-alkyl or cyclic N) is 1. The SMILES string of the molecule is O[C@H]1[C@H](C(F)(F)F)NC[C@@H]1O. The van der Waals surface area contributed by atoms with E-state index in [2.05, 4.69) is 0 Å². The molecule has 1 fully saturated rings. The van der Waals surface area contributed by atoms with E-state index in [0.29, 0.717) is 0 Å². The lowest BCUT2D eigenvalue weighted by atomic mass is 10.1. The standard InChI is InChI=1S/C5H8F3NO2/c6-5(7,8)4-3(11)2(10)1-9-4/h2-4,9-11H,1H2/t2-,3+,4+/m0/s1. The first-order valence-electron chi connectivity index (χ1n) is 3.09. The van der Waals surface area contributed by atoms with Gasteiger partial charge in [0.05, 0.1) is 6.10 Å². The molecule has 0 amide bonds. The van der Waals surface area contributed by atoms with E-state index in [9.17, 15) is 13.2 Å². The summed E-state index contributed by atoms with van der Waals surface area (Å²) in [6.45, 7) is -0.217. The van der Waals surface area contributed by atoms with Crippen molar-refractivity contribution in [2.45, 2.75) is 24.4 Å². The van der Waals surface area contributed by atoms with Crippen molar-refractivity contribution in [3.05, 3.63) is 0 Å². The average molecular weight is 171 g/mol. The normalized spacial score (nSPS) is 39.5. The molecular formula is C5H8F3NO2. The third-order valence-corrected chi connectivity index (χ3v) is 1.64. The summed E-state index contributed by atoms with van der Waals surface area (Å²) in [7, 11) is 0. The lowest BCUT2D eigenvalue weighted by Crippen LogP contribution is -2.45. The van der Waals surface area contributed by atoms with Gasteiger partial charge in [-0.15, -0.1) is 0 Å². The van der Waals surface area contributed by atoms with Crippen molar-refractivity contribution in [1.82, 2.24) is 5.32 Å². The van der Waals surface area contributed by atoms with Gasteiger partial charge in [-0.3, -0.25) is 0 Å². The third kappa shape index (κ3) is 1.63. The summed E-state index contributed by atoms with van der Waals surface area (Å²) >= 11 is 0. The van der Waals surface area contributed by atoms with Crippen LogP contribution >= 0.6 is 0 Å². The highest BCUT2D eigenvalue weighted by Crippen LogP contribution is 2.26. The average Bonchev–Trinajstić information content (AvgIpc) is 2.11. The van der Waals surface area contributed by atoms with Gasteiger partial charge in [-0.2, -0.15) is 13.2 Å². The van der Waals surface area contributed by atoms with E-state index in [0.717, 1.165) is 0 Å². The van der Waals surface area contributed by atoms with Crippen LogP contribution in [0.4, 0.5) is 13.2 Å². The summed E-state index contributed by atoms with van der Waals surface area (Å²) in [5.41, 5.74) is 0. The molecule has 1 aliphatic heterocycles. The topological polar surface area (TPSA) is 52.5 Å². The molecule has 6 heteroatoms. The smallest absolute Gasteiger partial charge is 0.389 e. The fourth-order valence-electron chi connectivity index (χ4n) is 1.02. The van der Waals surface area contributed by atoms with Crippen LogP contribution in [0.2, 0.25) is 0 Å². The molecule has 0 spiro atoms. The number of rotatable bonds is 0. The predicted octanol–water partition coefficient (Wildman–Crippen LogP) is -0.758. The molecule has 0 aromatic heterocycles. The van der Waals surface area contributed by atoms with Crippen LogP contribution in [-0.4, -0.2) is 41.2 Å². The van der Waals surface area contributed by atoms with E-state index < -0.39 is 24.4 Å². The highest BCUT2D eigenvalue weighted by atomic mass is 19.4. The van der Waals surface area contributed by atoms with Crippen LogP contribution in [0.25, 0.3) is 0 Å². The molecular weight excluding hydrogens is 163 g/mol. The minimum Gasteiger partial charge on any atom is -0.389 e. The maximum atomic E-state index is 11.9. The lowest BCUT2D eigenvalue weighted by molar-refractivity contribution is -0.174. The molecule has 66 valence electrons. The summed E-state index contributed by atoms with van der Waals surface area (Å²) in [4.78, 5) is 0. The van der Waals surface area contributed by atoms with Crippen molar-refractivity contribution < 1.29 is 23.4 Å². The van der Waals surface area contributed by atoms with E-state index in [1.54, 1.807) is 0 Å². The molecule has 0 saturated carbocycles. The van der Waals surface area contributed by atoms with E-state index in [1.807, 2.05) is 5.32 Å². The van der Waals surface area contributed by atoms with Crippen LogP contribution in [0.3, 0.4) is 0 Å². The van der Waals surface area contributed by atoms with Gasteiger partial charge in [0.1, 0.15) is 12.1 Å². The number of halogens is 3. The number of aliphatic hydroxyl groups excluding tert-OH is 2. The molecule has 11 heavy (non-hydrogen) atoms. The van der Waals surface area contributed by atoms with Gasteiger partial charge in [-0.25, -0.2) is 0 Å². The molecule has 1 saturated heterocycles. The molecule has 1 rings (SSSR count). The van der Waals surface area contributed by atoms with Gasteiger partial charge in [0.25, 0.3) is 0 Å². The van der Waals surface area contributed by atoms with Crippen molar-refractivity contribution in [3.63, 3.8) is 0 Å². The number of alkyl halides is 3. The second-order valence-corrected chi connectivity index (χ2v) is 2.49. The number of hydrogen-bond donors (Lipinski definition) is 3. The Bertz CT molecular complexity index is 149. The summed E-state index contributed by atoms with van der Waals surface area (Å²) in [6, 6.07) is -1.99. The zero-order valence-electron chi connectivity index (χ0n) is 5.47. The zero-order valence-corrected chi connectivity index (χ0v) is 5.47. The molecule has 0 aromatic carbocycles. The second kappa shape index (κ2) is 2.62. The summed E-state index contributed by atoms with van der Waals surface area (Å²) in [6.07, 6.45) is -7.55. The molecule has 3 nitrogen and oxygen atoms in total. The van der Waals surface area contributed by atoms with Gasteiger partial charge in [0.15, 0.2) is 0 Å². The first-order chi connectivity index (χ1) is 4.93. The quantitative estimate of drug-likeness (QED) is 0.449. The highest BCUT2D eigenvalue weighted by Gasteiger charge is 2.50. The Hall–Kier alpha value is -0.330. The maximum absolute atomic E-state index is 11.9. The summed E-state index contributed by atoms with van der Waals surface area (Å²) in [5.74, 6) is 0. The Morgan fingerprint density at radius 2 is 1.82 bits per heavy atom. The number of nitrogens with one attached hydrogen (secondary N) is 1. The number of hydrogen-bond acceptors (Lipinski definition) is 3. The van der Waals surface area contributed by atoms with Crippen LogP contribution in [0, 0.1) is 0 Å². The highest BCUT2D eigenvalue weighted by molar-refractivity contribution is 4.94. The van der Waals surface area contributed by atoms with Crippen LogP contribution in [-0.2, 0) is 0 Å². The Balaban J connectivity index is 2.62. The van der Waals surface area contributed by atoms with E-state index in [4.69, 9.17) is 10.2 Å². The lowest BCUT2D eigenvalue weighted by Gasteiger charge is -2.18. The predicted molar refractivity (Wildman–Crippen MR) is 29.9 cm³/mol. The molecule has 1 heterocycles. The molecule has 3 N–H and O–H groups in total. The molecule has 0 radical (unpaired) electrons. The fourth-order valence-corrected chi connectivity index (χ4v) is 1.02. The van der Waals surface area contributed by atoms with Gasteiger partial charge in [0.2, 0.25) is 0 Å². The van der Waals surface area contributed by atoms with E-state index >= 15 is 0 Å². The van der Waals surface area contributed by atoms with E-state index in [-0.39, 0.29) is 6.54 Å². The summed E-state index contributed by atoms with van der Waals surface area (Å²) < 4.78 is 35.6. The zero-order chi connectivity index (χ0) is 8.65. The molecule has 1 aliphatic rings. The summed E-state index contributed by atoms with van der Waals surface area (Å²) in [5, 5.41) is 19.5. The van der Waals surface area contributed by atoms with Gasteiger partial charge in [0, 0.05) is 6.54 Å². The van der Waals surface area contributed by atoms with Crippen LogP contribution in [0.5, 0.6) is 0 Å². The third-order valence-electron chi connectivity index (χ3n) is 1.64. The fraction of sp³-hybridized carbons (Fsp3) is 1.00. The molecule has 0 bridgehead atoms.